The first kappa shape index (κ1) is 17.7. The largest absolute Gasteiger partial charge is 0.313 e. The van der Waals surface area contributed by atoms with Gasteiger partial charge < -0.3 is 5.32 Å². The van der Waals surface area contributed by atoms with Gasteiger partial charge in [-0.2, -0.15) is 23.5 Å². The Hall–Kier alpha value is 0.360. The Balaban J connectivity index is 2.11. The molecule has 1 nitrogen and oxygen atoms in total. The molecule has 1 N–H and O–H groups in total. The predicted octanol–water partition coefficient (Wildman–Crippen LogP) is 4.99. The molecule has 1 saturated heterocycles. The van der Waals surface area contributed by atoms with Gasteiger partial charge in [0, 0.05) is 32.5 Å². The Bertz CT molecular complexity index is 427. The van der Waals surface area contributed by atoms with Crippen LogP contribution in [0.2, 0.25) is 0 Å². The lowest BCUT2D eigenvalue weighted by atomic mass is 10.00. The summed E-state index contributed by atoms with van der Waals surface area (Å²) in [6.45, 7) is 5.71. The lowest BCUT2D eigenvalue weighted by Crippen LogP contribution is -2.46. The van der Waals surface area contributed by atoms with Crippen LogP contribution in [0.3, 0.4) is 0 Å². The van der Waals surface area contributed by atoms with Crippen molar-refractivity contribution in [3.05, 3.63) is 34.3 Å². The molecule has 1 aromatic carbocycles. The summed E-state index contributed by atoms with van der Waals surface area (Å²) < 4.78 is 1.25. The Kier molecular flexibility index (Phi) is 8.00. The standard InChI is InChI=1S/C17H26BrNS2/c1-3-9-19-15(12-13-7-5-6-8-14(13)18)17-16(4-2)20-10-11-21-17/h5-8,15-17,19H,3-4,9-12H2,1-2H3. The number of thioether (sulfide) groups is 2. The first-order valence-electron chi connectivity index (χ1n) is 7.96. The highest BCUT2D eigenvalue weighted by Crippen LogP contribution is 2.36. The maximum absolute atomic E-state index is 3.82. The molecule has 1 heterocycles. The van der Waals surface area contributed by atoms with Gasteiger partial charge >= 0.3 is 0 Å². The van der Waals surface area contributed by atoms with Crippen LogP contribution in [0.15, 0.2) is 28.7 Å². The van der Waals surface area contributed by atoms with Gasteiger partial charge in [-0.3, -0.25) is 0 Å². The number of hydrogen-bond donors (Lipinski definition) is 1. The fourth-order valence-corrected chi connectivity index (χ4v) is 6.56. The van der Waals surface area contributed by atoms with Gasteiger partial charge in [0.05, 0.1) is 0 Å². The molecule has 1 fully saturated rings. The fraction of sp³-hybridized carbons (Fsp3) is 0.647. The number of rotatable bonds is 7. The van der Waals surface area contributed by atoms with Crippen molar-refractivity contribution >= 4 is 39.5 Å². The van der Waals surface area contributed by atoms with E-state index in [0.717, 1.165) is 23.5 Å². The predicted molar refractivity (Wildman–Crippen MR) is 103 cm³/mol. The van der Waals surface area contributed by atoms with Crippen molar-refractivity contribution in [2.24, 2.45) is 0 Å². The normalized spacial score (nSPS) is 24.0. The highest BCUT2D eigenvalue weighted by molar-refractivity contribution is 9.10. The fourth-order valence-electron chi connectivity index (χ4n) is 2.85. The van der Waals surface area contributed by atoms with E-state index in [1.54, 1.807) is 0 Å². The summed E-state index contributed by atoms with van der Waals surface area (Å²) in [5.74, 6) is 2.61. The van der Waals surface area contributed by atoms with E-state index in [2.05, 4.69) is 82.9 Å². The van der Waals surface area contributed by atoms with Crippen LogP contribution in [0.1, 0.15) is 32.3 Å². The summed E-state index contributed by atoms with van der Waals surface area (Å²) in [5, 5.41) is 5.35. The Morgan fingerprint density at radius 3 is 2.71 bits per heavy atom. The highest BCUT2D eigenvalue weighted by Gasteiger charge is 2.32. The summed E-state index contributed by atoms with van der Waals surface area (Å²) in [7, 11) is 0. The van der Waals surface area contributed by atoms with Gasteiger partial charge in [-0.15, -0.1) is 0 Å². The minimum Gasteiger partial charge on any atom is -0.313 e. The van der Waals surface area contributed by atoms with E-state index >= 15 is 0 Å². The van der Waals surface area contributed by atoms with Crippen LogP contribution < -0.4 is 5.32 Å². The Morgan fingerprint density at radius 2 is 2.00 bits per heavy atom. The molecule has 21 heavy (non-hydrogen) atoms. The SMILES string of the molecule is CCCNC(Cc1ccccc1Br)C1SCCSC1CC. The first-order valence-corrected chi connectivity index (χ1v) is 10.8. The minimum absolute atomic E-state index is 0.575. The Morgan fingerprint density at radius 1 is 1.24 bits per heavy atom. The van der Waals surface area contributed by atoms with Crippen LogP contribution in [0, 0.1) is 0 Å². The summed E-state index contributed by atoms with van der Waals surface area (Å²) in [4.78, 5) is 0. The molecular formula is C17H26BrNS2. The van der Waals surface area contributed by atoms with E-state index < -0.39 is 0 Å². The molecule has 0 spiro atoms. The summed E-state index contributed by atoms with van der Waals surface area (Å²) in [5.41, 5.74) is 1.43. The van der Waals surface area contributed by atoms with Gasteiger partial charge in [-0.1, -0.05) is 48.0 Å². The van der Waals surface area contributed by atoms with Crippen molar-refractivity contribution < 1.29 is 0 Å². The second-order valence-electron chi connectivity index (χ2n) is 5.51. The Labute approximate surface area is 146 Å². The van der Waals surface area contributed by atoms with Gasteiger partial charge in [-0.05, 0) is 37.4 Å². The molecule has 0 radical (unpaired) electrons. The van der Waals surface area contributed by atoms with Crippen LogP contribution in [0.4, 0.5) is 0 Å². The quantitative estimate of drug-likeness (QED) is 0.707. The molecule has 0 saturated carbocycles. The molecule has 1 aliphatic heterocycles. The van der Waals surface area contributed by atoms with E-state index in [0.29, 0.717) is 6.04 Å². The smallest absolute Gasteiger partial charge is 0.0323 e. The van der Waals surface area contributed by atoms with Gasteiger partial charge in [0.25, 0.3) is 0 Å². The first-order chi connectivity index (χ1) is 10.3. The third-order valence-electron chi connectivity index (χ3n) is 3.95. The molecule has 3 atom stereocenters. The van der Waals surface area contributed by atoms with Crippen molar-refractivity contribution in [3.63, 3.8) is 0 Å². The van der Waals surface area contributed by atoms with Crippen LogP contribution in [-0.4, -0.2) is 34.6 Å². The summed E-state index contributed by atoms with van der Waals surface area (Å²) >= 11 is 8.07. The lowest BCUT2D eigenvalue weighted by molar-refractivity contribution is 0.477. The van der Waals surface area contributed by atoms with Crippen LogP contribution in [-0.2, 0) is 6.42 Å². The third kappa shape index (κ3) is 5.19. The average molecular weight is 388 g/mol. The molecule has 4 heteroatoms. The molecule has 0 bridgehead atoms. The number of halogens is 1. The van der Waals surface area contributed by atoms with Gasteiger partial charge in [0.1, 0.15) is 0 Å². The highest BCUT2D eigenvalue weighted by atomic mass is 79.9. The van der Waals surface area contributed by atoms with E-state index in [-0.39, 0.29) is 0 Å². The van der Waals surface area contributed by atoms with Crippen LogP contribution in [0.5, 0.6) is 0 Å². The van der Waals surface area contributed by atoms with Crippen molar-refractivity contribution in [1.82, 2.24) is 5.32 Å². The molecule has 0 aliphatic carbocycles. The van der Waals surface area contributed by atoms with E-state index in [1.165, 1.54) is 34.4 Å². The van der Waals surface area contributed by atoms with E-state index in [9.17, 15) is 0 Å². The lowest BCUT2D eigenvalue weighted by Gasteiger charge is -2.36. The number of benzene rings is 1. The second-order valence-corrected chi connectivity index (χ2v) is 9.00. The topological polar surface area (TPSA) is 12.0 Å². The molecule has 3 unspecified atom stereocenters. The zero-order chi connectivity index (χ0) is 15.1. The molecule has 0 aromatic heterocycles. The monoisotopic (exact) mass is 387 g/mol. The van der Waals surface area contributed by atoms with Gasteiger partial charge in [0.2, 0.25) is 0 Å². The van der Waals surface area contributed by atoms with Crippen molar-refractivity contribution in [2.45, 2.75) is 49.7 Å². The maximum atomic E-state index is 3.82. The molecule has 2 rings (SSSR count). The van der Waals surface area contributed by atoms with Crippen LogP contribution >= 0.6 is 39.5 Å². The van der Waals surface area contributed by atoms with Gasteiger partial charge in [0.15, 0.2) is 0 Å². The van der Waals surface area contributed by atoms with Crippen LogP contribution in [0.25, 0.3) is 0 Å². The number of nitrogens with one attached hydrogen (secondary N) is 1. The maximum Gasteiger partial charge on any atom is 0.0323 e. The second kappa shape index (κ2) is 9.49. The van der Waals surface area contributed by atoms with Crippen molar-refractivity contribution in [3.8, 4) is 0 Å². The summed E-state index contributed by atoms with van der Waals surface area (Å²) in [6, 6.07) is 9.24. The molecule has 1 aromatic rings. The van der Waals surface area contributed by atoms with Gasteiger partial charge in [-0.25, -0.2) is 0 Å². The zero-order valence-electron chi connectivity index (χ0n) is 13.0. The van der Waals surface area contributed by atoms with Crippen molar-refractivity contribution in [1.29, 1.82) is 0 Å². The third-order valence-corrected chi connectivity index (χ3v) is 8.13. The molecular weight excluding hydrogens is 362 g/mol. The van der Waals surface area contributed by atoms with Crippen molar-refractivity contribution in [2.75, 3.05) is 18.1 Å². The zero-order valence-corrected chi connectivity index (χ0v) is 16.2. The summed E-state index contributed by atoms with van der Waals surface area (Å²) in [6.07, 6.45) is 3.60. The van der Waals surface area contributed by atoms with E-state index in [4.69, 9.17) is 0 Å². The molecule has 1 aliphatic rings. The minimum atomic E-state index is 0.575. The number of hydrogen-bond acceptors (Lipinski definition) is 3. The average Bonchev–Trinajstić information content (AvgIpc) is 2.53. The molecule has 0 amide bonds. The molecule has 118 valence electrons. The van der Waals surface area contributed by atoms with E-state index in [1.807, 2.05) is 0 Å².